The summed E-state index contributed by atoms with van der Waals surface area (Å²) in [6.45, 7) is 0. The summed E-state index contributed by atoms with van der Waals surface area (Å²) in [7, 11) is 1.59. The molecule has 0 heterocycles. The molecular weight excluding hydrogens is 188 g/mol. The van der Waals surface area contributed by atoms with Gasteiger partial charge < -0.3 is 4.74 Å². The summed E-state index contributed by atoms with van der Waals surface area (Å²) < 4.78 is 4.97. The van der Waals surface area contributed by atoms with Crippen molar-refractivity contribution in [3.63, 3.8) is 0 Å². The summed E-state index contributed by atoms with van der Waals surface area (Å²) in [5.74, 6) is 0.758. The normalized spacial score (nSPS) is 10.7. The molecule has 1 aromatic rings. The Balaban J connectivity index is 2.94. The van der Waals surface area contributed by atoms with Gasteiger partial charge in [-0.25, -0.2) is 0 Å². The van der Waals surface area contributed by atoms with Crippen LogP contribution in [0.1, 0.15) is 5.56 Å². The van der Waals surface area contributed by atoms with Crippen molar-refractivity contribution in [2.75, 3.05) is 7.11 Å². The number of halogens is 1. The van der Waals surface area contributed by atoms with Crippen molar-refractivity contribution in [2.45, 2.75) is 0 Å². The predicted molar refractivity (Wildman–Crippen MR) is 51.9 cm³/mol. The number of hydrogen-bond donors (Lipinski definition) is 0. The Hall–Kier alpha value is -1.53. The van der Waals surface area contributed by atoms with E-state index in [1.807, 2.05) is 0 Å². The zero-order valence-electron chi connectivity index (χ0n) is 7.07. The van der Waals surface area contributed by atoms with Gasteiger partial charge in [0.1, 0.15) is 10.8 Å². The van der Waals surface area contributed by atoms with Crippen molar-refractivity contribution >= 4 is 16.6 Å². The fourth-order valence-corrected chi connectivity index (χ4v) is 1.05. The molecule has 13 heavy (non-hydrogen) atoms. The molecule has 0 radical (unpaired) electrons. The van der Waals surface area contributed by atoms with Gasteiger partial charge in [-0.1, -0.05) is 11.6 Å². The van der Waals surface area contributed by atoms with E-state index in [4.69, 9.17) is 21.7 Å². The Labute approximate surface area is 81.2 Å². The van der Waals surface area contributed by atoms with Gasteiger partial charge in [0.25, 0.3) is 0 Å². The van der Waals surface area contributed by atoms with Gasteiger partial charge in [0, 0.05) is 5.56 Å². The molecule has 0 unspecified atom stereocenters. The van der Waals surface area contributed by atoms with Crippen molar-refractivity contribution in [2.24, 2.45) is 0 Å². The summed E-state index contributed by atoms with van der Waals surface area (Å²) in [6.07, 6.45) is 1.17. The molecule has 4 heteroatoms. The maximum atomic E-state index is 8.24. The maximum absolute atomic E-state index is 8.24. The second-order valence-corrected chi connectivity index (χ2v) is 2.73. The van der Waals surface area contributed by atoms with Crippen LogP contribution in [0.3, 0.4) is 0 Å². The fourth-order valence-electron chi connectivity index (χ4n) is 0.875. The first-order valence-electron chi connectivity index (χ1n) is 3.62. The number of benzene rings is 1. The van der Waals surface area contributed by atoms with E-state index in [1.54, 1.807) is 31.4 Å². The Morgan fingerprint density at radius 3 is 2.54 bits per heavy atom. The number of methoxy groups -OCH3 is 1. The summed E-state index contributed by atoms with van der Waals surface area (Å²) in [5.41, 5.74) is 0.778. The first-order chi connectivity index (χ1) is 6.27. The van der Waals surface area contributed by atoms with Gasteiger partial charge in [-0.3, -0.25) is 0 Å². The highest BCUT2D eigenvalue weighted by molar-refractivity contribution is 6.48. The van der Waals surface area contributed by atoms with Crippen LogP contribution in [-0.4, -0.2) is 7.11 Å². The Bertz CT molecular complexity index is 351. The molecule has 0 aliphatic rings. The van der Waals surface area contributed by atoms with Crippen LogP contribution in [0.25, 0.3) is 10.0 Å². The van der Waals surface area contributed by atoms with E-state index in [1.165, 1.54) is 6.20 Å². The minimum Gasteiger partial charge on any atom is -0.497 e. The van der Waals surface area contributed by atoms with Crippen molar-refractivity contribution in [3.05, 3.63) is 41.0 Å². The highest BCUT2D eigenvalue weighted by atomic mass is 35.5. The third-order valence-electron chi connectivity index (χ3n) is 1.54. The summed E-state index contributed by atoms with van der Waals surface area (Å²) >= 11 is 5.77. The van der Waals surface area contributed by atoms with E-state index in [-0.39, 0.29) is 0 Å². The second-order valence-electron chi connectivity index (χ2n) is 2.32. The molecular formula is C9H8ClN2O+. The molecule has 0 bridgehead atoms. The molecule has 0 atom stereocenters. The van der Waals surface area contributed by atoms with Gasteiger partial charge in [-0.05, 0) is 24.3 Å². The van der Waals surface area contributed by atoms with Crippen LogP contribution in [0.4, 0.5) is 0 Å². The molecule has 0 aromatic heterocycles. The van der Waals surface area contributed by atoms with E-state index in [2.05, 4.69) is 4.98 Å². The van der Waals surface area contributed by atoms with E-state index in [9.17, 15) is 0 Å². The van der Waals surface area contributed by atoms with Crippen LogP contribution in [0.15, 0.2) is 30.5 Å². The van der Waals surface area contributed by atoms with Gasteiger partial charge >= 0.3 is 6.20 Å². The molecule has 0 saturated carbocycles. The highest BCUT2D eigenvalue weighted by Crippen LogP contribution is 2.21. The van der Waals surface area contributed by atoms with Crippen molar-refractivity contribution in [3.8, 4) is 5.75 Å². The van der Waals surface area contributed by atoms with Gasteiger partial charge in [0.15, 0.2) is 4.98 Å². The van der Waals surface area contributed by atoms with E-state index >= 15 is 0 Å². The molecule has 1 rings (SSSR count). The summed E-state index contributed by atoms with van der Waals surface area (Å²) in [6, 6.07) is 7.12. The van der Waals surface area contributed by atoms with E-state index in [0.29, 0.717) is 5.03 Å². The summed E-state index contributed by atoms with van der Waals surface area (Å²) in [4.78, 5) is 2.83. The Morgan fingerprint density at radius 2 is 2.08 bits per heavy atom. The average molecular weight is 196 g/mol. The van der Waals surface area contributed by atoms with Gasteiger partial charge in [0.05, 0.1) is 7.11 Å². The van der Waals surface area contributed by atoms with Crippen LogP contribution in [-0.2, 0) is 0 Å². The Morgan fingerprint density at radius 1 is 1.46 bits per heavy atom. The minimum atomic E-state index is 0.380. The monoisotopic (exact) mass is 195 g/mol. The van der Waals surface area contributed by atoms with Crippen LogP contribution in [0.2, 0.25) is 0 Å². The fraction of sp³-hybridized carbons (Fsp3) is 0.111. The van der Waals surface area contributed by atoms with Gasteiger partial charge in [0.2, 0.25) is 5.39 Å². The minimum absolute atomic E-state index is 0.380. The molecule has 3 nitrogen and oxygen atoms in total. The quantitative estimate of drug-likeness (QED) is 0.680. The van der Waals surface area contributed by atoms with Gasteiger partial charge in [-0.2, -0.15) is 0 Å². The number of ether oxygens (including phenoxy) is 1. The SMILES string of the molecule is COc1ccc(/C(Cl)=C/[N+]#N)cc1. The number of nitrogens with zero attached hydrogens (tertiary/aromatic N) is 2. The largest absolute Gasteiger partial charge is 0.497 e. The topological polar surface area (TPSA) is 37.4 Å². The van der Waals surface area contributed by atoms with Crippen LogP contribution >= 0.6 is 11.6 Å². The first-order valence-corrected chi connectivity index (χ1v) is 4.00. The second kappa shape index (κ2) is 4.48. The van der Waals surface area contributed by atoms with Gasteiger partial charge in [-0.15, -0.1) is 0 Å². The first kappa shape index (κ1) is 9.56. The lowest BCUT2D eigenvalue weighted by Crippen LogP contribution is -1.82. The van der Waals surface area contributed by atoms with Crippen molar-refractivity contribution in [1.82, 2.24) is 0 Å². The smallest absolute Gasteiger partial charge is 0.369 e. The highest BCUT2D eigenvalue weighted by Gasteiger charge is 2.02. The third-order valence-corrected chi connectivity index (χ3v) is 1.85. The molecule has 0 N–H and O–H groups in total. The summed E-state index contributed by atoms with van der Waals surface area (Å²) in [5, 5.41) is 8.62. The maximum Gasteiger partial charge on any atom is 0.369 e. The van der Waals surface area contributed by atoms with E-state index < -0.39 is 0 Å². The molecule has 0 amide bonds. The third kappa shape index (κ3) is 2.46. The predicted octanol–water partition coefficient (Wildman–Crippen LogP) is 3.09. The zero-order chi connectivity index (χ0) is 9.68. The molecule has 0 saturated heterocycles. The van der Waals surface area contributed by atoms with E-state index in [0.717, 1.165) is 11.3 Å². The molecule has 0 spiro atoms. The molecule has 0 aliphatic carbocycles. The average Bonchev–Trinajstić information content (AvgIpc) is 2.18. The van der Waals surface area contributed by atoms with Crippen LogP contribution in [0.5, 0.6) is 5.75 Å². The molecule has 66 valence electrons. The zero-order valence-corrected chi connectivity index (χ0v) is 7.82. The number of rotatable bonds is 2. The number of diazo groups is 1. The van der Waals surface area contributed by atoms with Crippen molar-refractivity contribution in [1.29, 1.82) is 5.39 Å². The van der Waals surface area contributed by atoms with Crippen LogP contribution in [0, 0.1) is 5.39 Å². The molecule has 0 aliphatic heterocycles. The molecule has 1 aromatic carbocycles. The van der Waals surface area contributed by atoms with Crippen LogP contribution < -0.4 is 4.74 Å². The van der Waals surface area contributed by atoms with Crippen molar-refractivity contribution < 1.29 is 4.74 Å². The Kier molecular flexibility index (Phi) is 3.30. The lowest BCUT2D eigenvalue weighted by Gasteiger charge is -1.99. The standard InChI is InChI=1S/C9H8ClN2O/c1-13-8-4-2-7(3-5-8)9(10)6-12-11/h2-6H,1H3/q+1/b9-6-. The molecule has 0 fully saturated rings. The lowest BCUT2D eigenvalue weighted by molar-refractivity contribution is 0.415. The lowest BCUT2D eigenvalue weighted by atomic mass is 10.2. The number of hydrogen-bond acceptors (Lipinski definition) is 2.